The highest BCUT2D eigenvalue weighted by atomic mass is 32.2. The van der Waals surface area contributed by atoms with Gasteiger partial charge in [0.2, 0.25) is 0 Å². The molecule has 2 aromatic carbocycles. The molecule has 1 amide bonds. The van der Waals surface area contributed by atoms with Crippen LogP contribution in [-0.2, 0) is 0 Å². The van der Waals surface area contributed by atoms with E-state index in [0.717, 1.165) is 29.0 Å². The Hall–Kier alpha value is -3.06. The number of halogens is 1. The maximum Gasteiger partial charge on any atom is 0.287 e. The second kappa shape index (κ2) is 8.53. The van der Waals surface area contributed by atoms with Crippen LogP contribution in [0.15, 0.2) is 65.1 Å². The van der Waals surface area contributed by atoms with E-state index in [-0.39, 0.29) is 23.5 Å². The van der Waals surface area contributed by atoms with E-state index < -0.39 is 0 Å². The number of carbonyl (C=O) groups is 1. The summed E-state index contributed by atoms with van der Waals surface area (Å²) in [7, 11) is 0. The van der Waals surface area contributed by atoms with E-state index >= 15 is 0 Å². The van der Waals surface area contributed by atoms with Crippen molar-refractivity contribution in [3.63, 3.8) is 0 Å². The molecule has 0 aliphatic rings. The first-order valence-corrected chi connectivity index (χ1v) is 10.6. The highest BCUT2D eigenvalue weighted by Gasteiger charge is 2.21. The standard InChI is InChI=1S/C22H20FN3O2S/c1-29-13-12-18(21-24-16-4-2-3-5-17(16)25-21)26-22(27)20-11-10-19(28-20)14-6-8-15(23)9-7-14/h2-11,18H,12-13H2,1H3,(H,24,25)(H,26,27)/t18-/m0/s1. The van der Waals surface area contributed by atoms with Crippen LogP contribution < -0.4 is 5.32 Å². The lowest BCUT2D eigenvalue weighted by atomic mass is 10.2. The summed E-state index contributed by atoms with van der Waals surface area (Å²) < 4.78 is 18.8. The molecule has 0 radical (unpaired) electrons. The summed E-state index contributed by atoms with van der Waals surface area (Å²) in [6.07, 6.45) is 2.76. The topological polar surface area (TPSA) is 70.9 Å². The monoisotopic (exact) mass is 409 g/mol. The van der Waals surface area contributed by atoms with E-state index in [2.05, 4.69) is 15.3 Å². The molecule has 2 N–H and O–H groups in total. The third-order valence-corrected chi connectivity index (χ3v) is 5.26. The van der Waals surface area contributed by atoms with Crippen LogP contribution in [-0.4, -0.2) is 27.9 Å². The first-order valence-electron chi connectivity index (χ1n) is 9.24. The molecule has 2 aromatic heterocycles. The van der Waals surface area contributed by atoms with Crippen LogP contribution in [0.25, 0.3) is 22.4 Å². The third-order valence-electron chi connectivity index (χ3n) is 4.61. The molecule has 0 fully saturated rings. The molecule has 0 spiro atoms. The highest BCUT2D eigenvalue weighted by molar-refractivity contribution is 7.98. The number of thioether (sulfide) groups is 1. The van der Waals surface area contributed by atoms with Crippen LogP contribution in [0.5, 0.6) is 0 Å². The van der Waals surface area contributed by atoms with Crippen LogP contribution in [0.3, 0.4) is 0 Å². The quantitative estimate of drug-likeness (QED) is 0.441. The molecule has 0 aliphatic heterocycles. The zero-order chi connectivity index (χ0) is 20.2. The summed E-state index contributed by atoms with van der Waals surface area (Å²) in [4.78, 5) is 20.7. The van der Waals surface area contributed by atoms with Gasteiger partial charge in [-0.3, -0.25) is 4.79 Å². The molecular formula is C22H20FN3O2S. The Labute approximate surface area is 171 Å². The number of carbonyl (C=O) groups excluding carboxylic acids is 1. The van der Waals surface area contributed by atoms with Crippen molar-refractivity contribution in [3.05, 3.63) is 78.1 Å². The largest absolute Gasteiger partial charge is 0.451 e. The van der Waals surface area contributed by atoms with Gasteiger partial charge >= 0.3 is 0 Å². The Bertz CT molecular complexity index is 1090. The Balaban J connectivity index is 1.54. The fourth-order valence-corrected chi connectivity index (χ4v) is 3.58. The molecule has 0 bridgehead atoms. The van der Waals surface area contributed by atoms with Gasteiger partial charge in [-0.05, 0) is 67.0 Å². The Morgan fingerprint density at radius 1 is 1.17 bits per heavy atom. The Kier molecular flexibility index (Phi) is 5.67. The zero-order valence-electron chi connectivity index (χ0n) is 15.8. The van der Waals surface area contributed by atoms with Gasteiger partial charge in [-0.1, -0.05) is 12.1 Å². The van der Waals surface area contributed by atoms with E-state index in [9.17, 15) is 9.18 Å². The lowest BCUT2D eigenvalue weighted by Crippen LogP contribution is -2.29. The number of aromatic amines is 1. The van der Waals surface area contributed by atoms with Crippen molar-refractivity contribution in [1.29, 1.82) is 0 Å². The number of H-pyrrole nitrogens is 1. The minimum absolute atomic E-state index is 0.203. The predicted molar refractivity (Wildman–Crippen MR) is 113 cm³/mol. The fraction of sp³-hybridized carbons (Fsp3) is 0.182. The van der Waals surface area contributed by atoms with Gasteiger partial charge in [0.1, 0.15) is 17.4 Å². The number of rotatable bonds is 7. The van der Waals surface area contributed by atoms with Gasteiger partial charge in [0.15, 0.2) is 5.76 Å². The van der Waals surface area contributed by atoms with Crippen LogP contribution >= 0.6 is 11.8 Å². The number of para-hydroxylation sites is 2. The summed E-state index contributed by atoms with van der Waals surface area (Å²) in [5, 5.41) is 3.02. The van der Waals surface area contributed by atoms with Gasteiger partial charge in [-0.2, -0.15) is 11.8 Å². The minimum atomic E-state index is -0.319. The molecule has 148 valence electrons. The zero-order valence-corrected chi connectivity index (χ0v) is 16.6. The van der Waals surface area contributed by atoms with E-state index in [0.29, 0.717) is 11.3 Å². The average Bonchev–Trinajstić information content (AvgIpc) is 3.39. The molecule has 0 aliphatic carbocycles. The van der Waals surface area contributed by atoms with Crippen molar-refractivity contribution in [2.24, 2.45) is 0 Å². The second-order valence-corrected chi connectivity index (χ2v) is 7.60. The first-order chi connectivity index (χ1) is 14.1. The first kappa shape index (κ1) is 19.3. The van der Waals surface area contributed by atoms with Crippen molar-refractivity contribution in [1.82, 2.24) is 15.3 Å². The maximum atomic E-state index is 13.1. The Morgan fingerprint density at radius 3 is 2.72 bits per heavy atom. The molecule has 0 saturated heterocycles. The maximum absolute atomic E-state index is 13.1. The summed E-state index contributed by atoms with van der Waals surface area (Å²) in [5.74, 6) is 1.68. The van der Waals surface area contributed by atoms with E-state index in [1.165, 1.54) is 12.1 Å². The molecule has 1 atom stereocenters. The van der Waals surface area contributed by atoms with E-state index in [1.54, 1.807) is 36.0 Å². The molecule has 4 aromatic rings. The summed E-state index contributed by atoms with van der Waals surface area (Å²) in [5.41, 5.74) is 2.51. The number of amides is 1. The number of hydrogen-bond donors (Lipinski definition) is 2. The third kappa shape index (κ3) is 4.35. The van der Waals surface area contributed by atoms with Gasteiger partial charge in [-0.15, -0.1) is 0 Å². The fourth-order valence-electron chi connectivity index (χ4n) is 3.11. The van der Waals surface area contributed by atoms with Gasteiger partial charge in [0, 0.05) is 5.56 Å². The molecule has 29 heavy (non-hydrogen) atoms. The number of aromatic nitrogens is 2. The smallest absolute Gasteiger partial charge is 0.287 e. The predicted octanol–water partition coefficient (Wildman–Crippen LogP) is 5.19. The van der Waals surface area contributed by atoms with Gasteiger partial charge < -0.3 is 14.7 Å². The van der Waals surface area contributed by atoms with Crippen molar-refractivity contribution in [3.8, 4) is 11.3 Å². The molecule has 5 nitrogen and oxygen atoms in total. The van der Waals surface area contributed by atoms with Crippen molar-refractivity contribution in [2.45, 2.75) is 12.5 Å². The lowest BCUT2D eigenvalue weighted by Gasteiger charge is -2.15. The van der Waals surface area contributed by atoms with Crippen LogP contribution in [0.2, 0.25) is 0 Å². The number of benzene rings is 2. The van der Waals surface area contributed by atoms with Crippen molar-refractivity contribution in [2.75, 3.05) is 12.0 Å². The van der Waals surface area contributed by atoms with Crippen LogP contribution in [0.1, 0.15) is 28.8 Å². The molecule has 7 heteroatoms. The van der Waals surface area contributed by atoms with Gasteiger partial charge in [0.25, 0.3) is 5.91 Å². The number of nitrogens with zero attached hydrogens (tertiary/aromatic N) is 1. The van der Waals surface area contributed by atoms with Gasteiger partial charge in [0.05, 0.1) is 17.1 Å². The number of imidazole rings is 1. The normalized spacial score (nSPS) is 12.2. The number of furan rings is 1. The summed E-state index contributed by atoms with van der Waals surface area (Å²) in [6, 6.07) is 16.8. The summed E-state index contributed by atoms with van der Waals surface area (Å²) >= 11 is 1.71. The molecule has 2 heterocycles. The average molecular weight is 409 g/mol. The van der Waals surface area contributed by atoms with E-state index in [1.807, 2.05) is 30.5 Å². The van der Waals surface area contributed by atoms with E-state index in [4.69, 9.17) is 4.42 Å². The lowest BCUT2D eigenvalue weighted by molar-refractivity contribution is 0.0907. The van der Waals surface area contributed by atoms with Crippen LogP contribution in [0, 0.1) is 5.82 Å². The second-order valence-electron chi connectivity index (χ2n) is 6.62. The Morgan fingerprint density at radius 2 is 1.97 bits per heavy atom. The highest BCUT2D eigenvalue weighted by Crippen LogP contribution is 2.24. The molecule has 4 rings (SSSR count). The van der Waals surface area contributed by atoms with Crippen LogP contribution in [0.4, 0.5) is 4.39 Å². The molecule has 0 unspecified atom stereocenters. The number of fused-ring (bicyclic) bond motifs is 1. The van der Waals surface area contributed by atoms with Gasteiger partial charge in [-0.25, -0.2) is 9.37 Å². The van der Waals surface area contributed by atoms with Crippen molar-refractivity contribution < 1.29 is 13.6 Å². The number of hydrogen-bond acceptors (Lipinski definition) is 4. The van der Waals surface area contributed by atoms with Crippen molar-refractivity contribution >= 4 is 28.7 Å². The SMILES string of the molecule is CSCC[C@H](NC(=O)c1ccc(-c2ccc(F)cc2)o1)c1nc2ccccc2[nH]1. The molecule has 0 saturated carbocycles. The molecular weight excluding hydrogens is 389 g/mol. The summed E-state index contributed by atoms with van der Waals surface area (Å²) in [6.45, 7) is 0. The minimum Gasteiger partial charge on any atom is -0.451 e. The number of nitrogens with one attached hydrogen (secondary N) is 2.